The fraction of sp³-hybridized carbons (Fsp3) is 0.833. The Morgan fingerprint density at radius 3 is 2.92 bits per heavy atom. The third-order valence-corrected chi connectivity index (χ3v) is 3.08. The highest BCUT2D eigenvalue weighted by Crippen LogP contribution is 2.28. The van der Waals surface area contributed by atoms with Gasteiger partial charge in [0.25, 0.3) is 0 Å². The van der Waals surface area contributed by atoms with Crippen LogP contribution in [0, 0.1) is 11.8 Å². The molecule has 0 heterocycles. The van der Waals surface area contributed by atoms with Gasteiger partial charge < -0.3 is 0 Å². The average molecular weight is 166 g/mol. The molecule has 2 atom stereocenters. The molecule has 0 aromatic carbocycles. The van der Waals surface area contributed by atoms with E-state index in [-0.39, 0.29) is 0 Å². The van der Waals surface area contributed by atoms with Gasteiger partial charge in [0, 0.05) is 0 Å². The van der Waals surface area contributed by atoms with Gasteiger partial charge >= 0.3 is 0 Å². The predicted octanol–water partition coefficient (Wildman–Crippen LogP) is 4.17. The van der Waals surface area contributed by atoms with E-state index in [9.17, 15) is 0 Å². The van der Waals surface area contributed by atoms with Crippen LogP contribution < -0.4 is 0 Å². The third kappa shape index (κ3) is 3.00. The summed E-state index contributed by atoms with van der Waals surface area (Å²) < 4.78 is 0. The van der Waals surface area contributed by atoms with Crippen molar-refractivity contribution in [1.82, 2.24) is 0 Å². The highest BCUT2D eigenvalue weighted by atomic mass is 14.2. The van der Waals surface area contributed by atoms with Gasteiger partial charge in [0.1, 0.15) is 0 Å². The van der Waals surface area contributed by atoms with Crippen LogP contribution in [0.3, 0.4) is 0 Å². The molecule has 0 heteroatoms. The maximum Gasteiger partial charge on any atom is -0.0322 e. The zero-order valence-electron chi connectivity index (χ0n) is 8.55. The monoisotopic (exact) mass is 166 g/mol. The Morgan fingerprint density at radius 1 is 1.33 bits per heavy atom. The summed E-state index contributed by atoms with van der Waals surface area (Å²) in [5.41, 5.74) is 0. The van der Waals surface area contributed by atoms with Crippen LogP contribution in [-0.2, 0) is 0 Å². The van der Waals surface area contributed by atoms with E-state index in [1.165, 1.54) is 38.5 Å². The molecule has 70 valence electrons. The lowest BCUT2D eigenvalue weighted by atomic mass is 9.82. The van der Waals surface area contributed by atoms with Crippen LogP contribution >= 0.6 is 0 Å². The van der Waals surface area contributed by atoms with Gasteiger partial charge in [-0.1, -0.05) is 38.8 Å². The average Bonchev–Trinajstić information content (AvgIpc) is 2.05. The van der Waals surface area contributed by atoms with E-state index in [1.807, 2.05) is 0 Å². The van der Waals surface area contributed by atoms with Crippen LogP contribution in [-0.4, -0.2) is 0 Å². The van der Waals surface area contributed by atoms with Crippen LogP contribution in [0.5, 0.6) is 0 Å². The lowest BCUT2D eigenvalue weighted by molar-refractivity contribution is 0.304. The lowest BCUT2D eigenvalue weighted by Crippen LogP contribution is -2.12. The minimum absolute atomic E-state index is 0.918. The number of rotatable bonds is 2. The van der Waals surface area contributed by atoms with Crippen LogP contribution in [0.25, 0.3) is 0 Å². The number of hydrogen-bond donors (Lipinski definition) is 0. The first-order chi connectivity index (χ1) is 5.84. The number of hydrogen-bond acceptors (Lipinski definition) is 0. The quantitative estimate of drug-likeness (QED) is 0.540. The molecule has 0 aromatic rings. The van der Waals surface area contributed by atoms with E-state index in [4.69, 9.17) is 0 Å². The van der Waals surface area contributed by atoms with Crippen molar-refractivity contribution in [2.45, 2.75) is 52.4 Å². The molecule has 1 aliphatic carbocycles. The Kier molecular flexibility index (Phi) is 4.42. The van der Waals surface area contributed by atoms with Crippen LogP contribution in [0.15, 0.2) is 12.2 Å². The normalized spacial score (nSPS) is 31.2. The van der Waals surface area contributed by atoms with E-state index in [0.29, 0.717) is 0 Å². The topological polar surface area (TPSA) is 0 Å². The molecule has 0 N–H and O–H groups in total. The van der Waals surface area contributed by atoms with Gasteiger partial charge in [0.05, 0.1) is 0 Å². The zero-order valence-corrected chi connectivity index (χ0v) is 8.55. The van der Waals surface area contributed by atoms with Gasteiger partial charge in [-0.25, -0.2) is 0 Å². The Hall–Kier alpha value is -0.260. The molecule has 1 aliphatic rings. The molecule has 0 aromatic heterocycles. The molecule has 12 heavy (non-hydrogen) atoms. The highest BCUT2D eigenvalue weighted by Gasteiger charge is 2.15. The Morgan fingerprint density at radius 2 is 2.17 bits per heavy atom. The zero-order chi connectivity index (χ0) is 8.81. The summed E-state index contributed by atoms with van der Waals surface area (Å²) in [5, 5.41) is 0. The summed E-state index contributed by atoms with van der Waals surface area (Å²) in [4.78, 5) is 0. The van der Waals surface area contributed by atoms with Gasteiger partial charge in [-0.2, -0.15) is 0 Å². The Balaban J connectivity index is 2.41. The second-order valence-corrected chi connectivity index (χ2v) is 4.16. The summed E-state index contributed by atoms with van der Waals surface area (Å²) in [5.74, 6) is 1.92. The molecule has 0 aliphatic heterocycles. The van der Waals surface area contributed by atoms with Crippen LogP contribution in [0.1, 0.15) is 52.4 Å². The van der Waals surface area contributed by atoms with Crippen LogP contribution in [0.2, 0.25) is 0 Å². The SMILES string of the molecule is CCCC1CCCC=CCC1C. The fourth-order valence-electron chi connectivity index (χ4n) is 2.20. The summed E-state index contributed by atoms with van der Waals surface area (Å²) in [7, 11) is 0. The lowest BCUT2D eigenvalue weighted by Gasteiger charge is -2.23. The van der Waals surface area contributed by atoms with Crippen molar-refractivity contribution in [2.24, 2.45) is 11.8 Å². The molecule has 0 saturated heterocycles. The van der Waals surface area contributed by atoms with E-state index < -0.39 is 0 Å². The van der Waals surface area contributed by atoms with E-state index in [1.54, 1.807) is 0 Å². The van der Waals surface area contributed by atoms with Crippen molar-refractivity contribution in [3.05, 3.63) is 12.2 Å². The van der Waals surface area contributed by atoms with Crippen molar-refractivity contribution < 1.29 is 0 Å². The van der Waals surface area contributed by atoms with Gasteiger partial charge in [-0.15, -0.1) is 0 Å². The van der Waals surface area contributed by atoms with Gasteiger partial charge in [0.15, 0.2) is 0 Å². The van der Waals surface area contributed by atoms with Crippen molar-refractivity contribution in [3.8, 4) is 0 Å². The molecule has 0 nitrogen and oxygen atoms in total. The summed E-state index contributed by atoms with van der Waals surface area (Å²) in [6, 6.07) is 0. The third-order valence-electron chi connectivity index (χ3n) is 3.08. The minimum atomic E-state index is 0.918. The van der Waals surface area contributed by atoms with Gasteiger partial charge in [0.2, 0.25) is 0 Å². The second kappa shape index (κ2) is 5.40. The van der Waals surface area contributed by atoms with Crippen molar-refractivity contribution >= 4 is 0 Å². The number of allylic oxidation sites excluding steroid dienone is 2. The Labute approximate surface area is 77.1 Å². The minimum Gasteiger partial charge on any atom is -0.0885 e. The van der Waals surface area contributed by atoms with E-state index >= 15 is 0 Å². The molecule has 0 amide bonds. The molecule has 0 bridgehead atoms. The maximum absolute atomic E-state index is 2.41. The molecule has 2 unspecified atom stereocenters. The summed E-state index contributed by atoms with van der Waals surface area (Å²) >= 11 is 0. The Bertz CT molecular complexity index is 135. The van der Waals surface area contributed by atoms with Crippen molar-refractivity contribution in [2.75, 3.05) is 0 Å². The molecule has 1 rings (SSSR count). The van der Waals surface area contributed by atoms with E-state index in [0.717, 1.165) is 11.8 Å². The predicted molar refractivity (Wildman–Crippen MR) is 55.2 cm³/mol. The van der Waals surface area contributed by atoms with E-state index in [2.05, 4.69) is 26.0 Å². The summed E-state index contributed by atoms with van der Waals surface area (Å²) in [6.45, 7) is 4.72. The van der Waals surface area contributed by atoms with Crippen LogP contribution in [0.4, 0.5) is 0 Å². The van der Waals surface area contributed by atoms with Gasteiger partial charge in [-0.05, 0) is 37.5 Å². The smallest absolute Gasteiger partial charge is 0.0322 e. The molecule has 0 fully saturated rings. The first-order valence-electron chi connectivity index (χ1n) is 5.49. The maximum atomic E-state index is 2.41. The molecular weight excluding hydrogens is 144 g/mol. The molecular formula is C12H22. The summed E-state index contributed by atoms with van der Waals surface area (Å²) in [6.07, 6.45) is 13.0. The fourth-order valence-corrected chi connectivity index (χ4v) is 2.20. The van der Waals surface area contributed by atoms with Gasteiger partial charge in [-0.3, -0.25) is 0 Å². The first kappa shape index (κ1) is 9.83. The standard InChI is InChI=1S/C12H22/c1-3-8-12-10-7-5-4-6-9-11(12)2/h4,6,11-12H,3,5,7-10H2,1-2H3. The molecule has 0 saturated carbocycles. The largest absolute Gasteiger partial charge is 0.0885 e. The highest BCUT2D eigenvalue weighted by molar-refractivity contribution is 4.87. The molecule has 0 radical (unpaired) electrons. The second-order valence-electron chi connectivity index (χ2n) is 4.16. The first-order valence-corrected chi connectivity index (χ1v) is 5.49. The molecule has 0 spiro atoms. The van der Waals surface area contributed by atoms with Crippen molar-refractivity contribution in [1.29, 1.82) is 0 Å². The van der Waals surface area contributed by atoms with Crippen molar-refractivity contribution in [3.63, 3.8) is 0 Å².